The van der Waals surface area contributed by atoms with Gasteiger partial charge in [-0.1, -0.05) is 35.6 Å². The Kier molecular flexibility index (Phi) is 7.59. The topological polar surface area (TPSA) is 88.4 Å². The van der Waals surface area contributed by atoms with Gasteiger partial charge in [0.1, 0.15) is 5.75 Å². The molecule has 2 heterocycles. The average Bonchev–Trinajstić information content (AvgIpc) is 3.18. The van der Waals surface area contributed by atoms with E-state index >= 15 is 0 Å². The highest BCUT2D eigenvalue weighted by molar-refractivity contribution is 7.07. The molecule has 0 spiro atoms. The fraction of sp³-hybridized carbons (Fsp3) is 0.296. The van der Waals surface area contributed by atoms with Gasteiger partial charge >= 0.3 is 5.97 Å². The van der Waals surface area contributed by atoms with Gasteiger partial charge in [0.05, 0.1) is 49.3 Å². The van der Waals surface area contributed by atoms with Gasteiger partial charge in [0.25, 0.3) is 5.56 Å². The molecule has 2 aromatic carbocycles. The molecule has 0 aliphatic carbocycles. The number of aromatic nitrogens is 1. The molecule has 0 radical (unpaired) electrons. The first-order valence-electron chi connectivity index (χ1n) is 11.6. The SMILES string of the molecule is CCOC(=O)C1=C(C)N=c2s/c(=C/c3ccccc3OC)c(=O)n2[C@@H]1c1ccc(OC)c(OCC)c1. The monoisotopic (exact) mass is 508 g/mol. The van der Waals surface area contributed by atoms with Gasteiger partial charge in [-0.3, -0.25) is 9.36 Å². The van der Waals surface area contributed by atoms with Crippen LogP contribution >= 0.6 is 11.3 Å². The second-order valence-electron chi connectivity index (χ2n) is 7.89. The Labute approximate surface area is 212 Å². The Bertz CT molecular complexity index is 1500. The highest BCUT2D eigenvalue weighted by atomic mass is 32.1. The van der Waals surface area contributed by atoms with Crippen molar-refractivity contribution in [2.75, 3.05) is 27.4 Å². The lowest BCUT2D eigenvalue weighted by molar-refractivity contribution is -0.139. The first kappa shape index (κ1) is 25.2. The number of fused-ring (bicyclic) bond motifs is 1. The zero-order valence-corrected chi connectivity index (χ0v) is 21.7. The summed E-state index contributed by atoms with van der Waals surface area (Å²) < 4.78 is 24.0. The minimum atomic E-state index is -0.745. The first-order chi connectivity index (χ1) is 17.4. The van der Waals surface area contributed by atoms with Crippen LogP contribution in [-0.2, 0) is 9.53 Å². The summed E-state index contributed by atoms with van der Waals surface area (Å²) in [6.45, 7) is 6.00. The number of esters is 1. The minimum Gasteiger partial charge on any atom is -0.496 e. The van der Waals surface area contributed by atoms with Gasteiger partial charge in [-0.15, -0.1) is 0 Å². The van der Waals surface area contributed by atoms with E-state index in [0.29, 0.717) is 50.0 Å². The van der Waals surface area contributed by atoms with Crippen molar-refractivity contribution in [2.24, 2.45) is 4.99 Å². The molecule has 0 saturated carbocycles. The normalized spacial score (nSPS) is 15.2. The molecule has 0 amide bonds. The van der Waals surface area contributed by atoms with Gasteiger partial charge in [0.2, 0.25) is 0 Å². The highest BCUT2D eigenvalue weighted by Crippen LogP contribution is 2.36. The number of thiazole rings is 1. The zero-order chi connectivity index (χ0) is 25.8. The van der Waals surface area contributed by atoms with Gasteiger partial charge in [0, 0.05) is 5.56 Å². The average molecular weight is 509 g/mol. The molecule has 1 atom stereocenters. The van der Waals surface area contributed by atoms with Crippen molar-refractivity contribution < 1.29 is 23.7 Å². The van der Waals surface area contributed by atoms with Crippen LogP contribution in [0.2, 0.25) is 0 Å². The van der Waals surface area contributed by atoms with Crippen LogP contribution in [0.15, 0.2) is 63.5 Å². The van der Waals surface area contributed by atoms with Crippen LogP contribution in [0.5, 0.6) is 17.2 Å². The van der Waals surface area contributed by atoms with Crippen molar-refractivity contribution >= 4 is 23.4 Å². The van der Waals surface area contributed by atoms with Crippen molar-refractivity contribution in [3.63, 3.8) is 0 Å². The van der Waals surface area contributed by atoms with Crippen LogP contribution in [0, 0.1) is 0 Å². The Hall–Kier alpha value is -3.85. The molecule has 8 nitrogen and oxygen atoms in total. The second-order valence-corrected chi connectivity index (χ2v) is 8.90. The van der Waals surface area contributed by atoms with E-state index in [0.717, 1.165) is 5.56 Å². The summed E-state index contributed by atoms with van der Waals surface area (Å²) in [5.41, 5.74) is 1.99. The van der Waals surface area contributed by atoms with E-state index in [1.807, 2.05) is 37.3 Å². The number of ether oxygens (including phenoxy) is 4. The van der Waals surface area contributed by atoms with Gasteiger partial charge in [0.15, 0.2) is 16.3 Å². The number of carbonyl (C=O) groups is 1. The summed E-state index contributed by atoms with van der Waals surface area (Å²) in [6, 6.07) is 12.1. The van der Waals surface area contributed by atoms with E-state index in [4.69, 9.17) is 18.9 Å². The minimum absolute atomic E-state index is 0.202. The molecule has 0 saturated heterocycles. The number of hydrogen-bond acceptors (Lipinski definition) is 8. The molecule has 0 bridgehead atoms. The largest absolute Gasteiger partial charge is 0.496 e. The van der Waals surface area contributed by atoms with E-state index in [9.17, 15) is 9.59 Å². The summed E-state index contributed by atoms with van der Waals surface area (Å²) in [7, 11) is 3.15. The quantitative estimate of drug-likeness (QED) is 0.434. The molecule has 3 aromatic rings. The third-order valence-electron chi connectivity index (χ3n) is 5.75. The smallest absolute Gasteiger partial charge is 0.338 e. The molecule has 0 fully saturated rings. The molecule has 188 valence electrons. The van der Waals surface area contributed by atoms with Crippen molar-refractivity contribution in [1.29, 1.82) is 0 Å². The fourth-order valence-corrected chi connectivity index (χ4v) is 5.20. The lowest BCUT2D eigenvalue weighted by Gasteiger charge is -2.25. The standard InChI is InChI=1S/C27H28N2O6S/c1-6-34-21-14-18(12-13-20(21)33-5)24-23(26(31)35-7-2)16(3)28-27-29(24)25(30)22(36-27)15-17-10-8-9-11-19(17)32-4/h8-15,24H,6-7H2,1-5H3/b22-15+/t24-/m1/s1. The third kappa shape index (κ3) is 4.66. The molecule has 1 aliphatic rings. The van der Waals surface area contributed by atoms with Crippen molar-refractivity contribution in [3.8, 4) is 17.2 Å². The molecule has 1 aliphatic heterocycles. The van der Waals surface area contributed by atoms with Crippen LogP contribution in [0.25, 0.3) is 6.08 Å². The fourth-order valence-electron chi connectivity index (χ4n) is 4.17. The molecular formula is C27H28N2O6S. The Morgan fingerprint density at radius 3 is 2.50 bits per heavy atom. The van der Waals surface area contributed by atoms with Gasteiger partial charge < -0.3 is 18.9 Å². The lowest BCUT2D eigenvalue weighted by Crippen LogP contribution is -2.40. The van der Waals surface area contributed by atoms with Crippen molar-refractivity contribution in [2.45, 2.75) is 26.8 Å². The van der Waals surface area contributed by atoms with Gasteiger partial charge in [-0.2, -0.15) is 0 Å². The summed E-state index contributed by atoms with van der Waals surface area (Å²) in [4.78, 5) is 32.0. The van der Waals surface area contributed by atoms with Gasteiger partial charge in [-0.05, 0) is 50.6 Å². The predicted octanol–water partition coefficient (Wildman–Crippen LogP) is 3.21. The predicted molar refractivity (Wildman–Crippen MR) is 138 cm³/mol. The molecule has 36 heavy (non-hydrogen) atoms. The first-order valence-corrected chi connectivity index (χ1v) is 12.4. The number of rotatable bonds is 8. The van der Waals surface area contributed by atoms with E-state index in [1.54, 1.807) is 50.8 Å². The molecule has 0 N–H and O–H groups in total. The maximum absolute atomic E-state index is 13.8. The molecule has 4 rings (SSSR count). The van der Waals surface area contributed by atoms with E-state index in [1.165, 1.54) is 11.3 Å². The molecule has 9 heteroatoms. The van der Waals surface area contributed by atoms with Crippen molar-refractivity contribution in [3.05, 3.63) is 84.5 Å². The van der Waals surface area contributed by atoms with Crippen LogP contribution in [0.3, 0.4) is 0 Å². The summed E-state index contributed by atoms with van der Waals surface area (Å²) in [6.07, 6.45) is 1.78. The number of hydrogen-bond donors (Lipinski definition) is 0. The summed E-state index contributed by atoms with van der Waals surface area (Å²) in [5.74, 6) is 1.21. The zero-order valence-electron chi connectivity index (χ0n) is 20.9. The Morgan fingerprint density at radius 2 is 1.81 bits per heavy atom. The summed E-state index contributed by atoms with van der Waals surface area (Å²) in [5, 5.41) is 0. The van der Waals surface area contributed by atoms with E-state index in [-0.39, 0.29) is 12.2 Å². The number of para-hydroxylation sites is 1. The Morgan fingerprint density at radius 1 is 1.06 bits per heavy atom. The number of methoxy groups -OCH3 is 2. The van der Waals surface area contributed by atoms with Gasteiger partial charge in [-0.25, -0.2) is 9.79 Å². The van der Waals surface area contributed by atoms with E-state index in [2.05, 4.69) is 4.99 Å². The summed E-state index contributed by atoms with van der Waals surface area (Å²) >= 11 is 1.26. The number of benzene rings is 2. The Balaban J connectivity index is 1.98. The number of allylic oxidation sites excluding steroid dienone is 1. The maximum Gasteiger partial charge on any atom is 0.338 e. The van der Waals surface area contributed by atoms with Crippen LogP contribution < -0.4 is 29.1 Å². The molecular weight excluding hydrogens is 480 g/mol. The third-order valence-corrected chi connectivity index (χ3v) is 6.73. The van der Waals surface area contributed by atoms with Crippen LogP contribution in [0.4, 0.5) is 0 Å². The molecule has 0 unspecified atom stereocenters. The highest BCUT2D eigenvalue weighted by Gasteiger charge is 2.34. The second kappa shape index (κ2) is 10.8. The maximum atomic E-state index is 13.8. The lowest BCUT2D eigenvalue weighted by atomic mass is 9.95. The van der Waals surface area contributed by atoms with Crippen molar-refractivity contribution in [1.82, 2.24) is 4.57 Å². The number of carbonyl (C=O) groups excluding carboxylic acids is 1. The molecule has 1 aromatic heterocycles. The van der Waals surface area contributed by atoms with Crippen LogP contribution in [-0.4, -0.2) is 38.0 Å². The number of nitrogens with zero attached hydrogens (tertiary/aromatic N) is 2. The van der Waals surface area contributed by atoms with E-state index < -0.39 is 12.0 Å². The van der Waals surface area contributed by atoms with Crippen LogP contribution in [0.1, 0.15) is 37.9 Å².